The van der Waals surface area contributed by atoms with Crippen molar-refractivity contribution in [1.82, 2.24) is 10.2 Å². The van der Waals surface area contributed by atoms with Crippen LogP contribution in [0.1, 0.15) is 52.9 Å². The van der Waals surface area contributed by atoms with Gasteiger partial charge in [0, 0.05) is 17.3 Å². The molecule has 3 fully saturated rings. The number of nitrogens with one attached hydrogen (secondary N) is 2. The largest absolute Gasteiger partial charge is 0.394 e. The number of carbonyl (C=O) groups is 3. The molecule has 3 aliphatic heterocycles. The van der Waals surface area contributed by atoms with Gasteiger partial charge in [-0.15, -0.1) is 0 Å². The van der Waals surface area contributed by atoms with E-state index in [-0.39, 0.29) is 24.3 Å². The molecule has 2 unspecified atom stereocenters. The van der Waals surface area contributed by atoms with Crippen LogP contribution in [-0.4, -0.2) is 64.2 Å². The van der Waals surface area contributed by atoms with E-state index in [1.54, 1.807) is 24.3 Å². The number of hydrogen-bond acceptors (Lipinski definition) is 5. The Hall–Kier alpha value is -2.16. The molecule has 6 atom stereocenters. The molecular formula is C25H34ClN3O5. The first-order chi connectivity index (χ1) is 16.3. The van der Waals surface area contributed by atoms with Crippen molar-refractivity contribution in [3.05, 3.63) is 29.3 Å². The SMILES string of the molecule is CCCNC(=O)[C@H]1[C@H]2C(=O)N([C@@H](CC)CO)C(C(=O)Nc3ccc(Cl)cc3)C23CC[C@]1(CC)O3. The summed E-state index contributed by atoms with van der Waals surface area (Å²) in [5, 5.41) is 16.5. The van der Waals surface area contributed by atoms with Crippen LogP contribution in [-0.2, 0) is 19.1 Å². The monoisotopic (exact) mass is 491 g/mol. The van der Waals surface area contributed by atoms with Crippen molar-refractivity contribution in [2.75, 3.05) is 18.5 Å². The molecular weight excluding hydrogens is 458 g/mol. The van der Waals surface area contributed by atoms with Gasteiger partial charge in [-0.3, -0.25) is 14.4 Å². The first-order valence-corrected chi connectivity index (χ1v) is 12.6. The van der Waals surface area contributed by atoms with Gasteiger partial charge in [0.15, 0.2) is 0 Å². The molecule has 9 heteroatoms. The van der Waals surface area contributed by atoms with Crippen LogP contribution in [0.3, 0.4) is 0 Å². The van der Waals surface area contributed by atoms with E-state index < -0.39 is 35.1 Å². The molecule has 2 bridgehead atoms. The third-order valence-corrected chi connectivity index (χ3v) is 8.14. The number of amides is 3. The van der Waals surface area contributed by atoms with Gasteiger partial charge >= 0.3 is 0 Å². The normalized spacial score (nSPS) is 32.6. The van der Waals surface area contributed by atoms with Gasteiger partial charge in [0.25, 0.3) is 0 Å². The van der Waals surface area contributed by atoms with Crippen LogP contribution < -0.4 is 10.6 Å². The minimum absolute atomic E-state index is 0.195. The summed E-state index contributed by atoms with van der Waals surface area (Å²) in [6, 6.07) is 5.25. The molecule has 8 nitrogen and oxygen atoms in total. The van der Waals surface area contributed by atoms with Crippen molar-refractivity contribution >= 4 is 35.0 Å². The Morgan fingerprint density at radius 1 is 1.21 bits per heavy atom. The van der Waals surface area contributed by atoms with Crippen LogP contribution in [0.2, 0.25) is 5.02 Å². The highest BCUT2D eigenvalue weighted by Gasteiger charge is 2.79. The van der Waals surface area contributed by atoms with Crippen molar-refractivity contribution in [3.63, 3.8) is 0 Å². The second-order valence-electron chi connectivity index (χ2n) is 9.61. The summed E-state index contributed by atoms with van der Waals surface area (Å²) in [7, 11) is 0. The number of hydrogen-bond donors (Lipinski definition) is 3. The van der Waals surface area contributed by atoms with Crippen molar-refractivity contribution in [3.8, 4) is 0 Å². The number of carbonyl (C=O) groups excluding carboxylic acids is 3. The maximum absolute atomic E-state index is 13.9. The molecule has 34 heavy (non-hydrogen) atoms. The highest BCUT2D eigenvalue weighted by molar-refractivity contribution is 6.30. The second kappa shape index (κ2) is 9.47. The summed E-state index contributed by atoms with van der Waals surface area (Å²) in [6.45, 7) is 6.04. The smallest absolute Gasteiger partial charge is 0.250 e. The van der Waals surface area contributed by atoms with E-state index in [0.717, 1.165) is 6.42 Å². The number of fused-ring (bicyclic) bond motifs is 1. The Morgan fingerprint density at radius 2 is 1.91 bits per heavy atom. The van der Waals surface area contributed by atoms with Crippen LogP contribution >= 0.6 is 11.6 Å². The molecule has 1 aromatic carbocycles. The van der Waals surface area contributed by atoms with E-state index in [1.807, 2.05) is 20.8 Å². The summed E-state index contributed by atoms with van der Waals surface area (Å²) in [5.41, 5.74) is -1.33. The Morgan fingerprint density at radius 3 is 2.50 bits per heavy atom. The number of nitrogens with zero attached hydrogens (tertiary/aromatic N) is 1. The van der Waals surface area contributed by atoms with Gasteiger partial charge in [0.05, 0.1) is 30.1 Å². The molecule has 3 N–H and O–H groups in total. The lowest BCUT2D eigenvalue weighted by molar-refractivity contribution is -0.149. The average Bonchev–Trinajstić information content (AvgIpc) is 3.44. The number of aliphatic hydroxyl groups excluding tert-OH is 1. The molecule has 4 rings (SSSR count). The van der Waals surface area contributed by atoms with Gasteiger partial charge in [0.1, 0.15) is 11.6 Å². The predicted molar refractivity (Wildman–Crippen MR) is 128 cm³/mol. The highest BCUT2D eigenvalue weighted by atomic mass is 35.5. The quantitative estimate of drug-likeness (QED) is 0.492. The van der Waals surface area contributed by atoms with E-state index in [9.17, 15) is 19.5 Å². The number of rotatable bonds is 9. The van der Waals surface area contributed by atoms with Gasteiger partial charge in [-0.2, -0.15) is 0 Å². The molecule has 0 aromatic heterocycles. The number of benzene rings is 1. The van der Waals surface area contributed by atoms with Gasteiger partial charge < -0.3 is 25.4 Å². The van der Waals surface area contributed by atoms with E-state index in [1.165, 1.54) is 4.90 Å². The fourth-order valence-electron chi connectivity index (χ4n) is 6.26. The first kappa shape index (κ1) is 24.9. The number of ether oxygens (including phenoxy) is 1. The first-order valence-electron chi connectivity index (χ1n) is 12.3. The molecule has 186 valence electrons. The van der Waals surface area contributed by atoms with Gasteiger partial charge in [-0.1, -0.05) is 32.4 Å². The lowest BCUT2D eigenvalue weighted by atomic mass is 9.65. The number of halogens is 1. The molecule has 1 aromatic rings. The summed E-state index contributed by atoms with van der Waals surface area (Å²) in [6.07, 6.45) is 2.94. The topological polar surface area (TPSA) is 108 Å². The van der Waals surface area contributed by atoms with Crippen molar-refractivity contribution in [2.24, 2.45) is 11.8 Å². The number of likely N-dealkylation sites (tertiary alicyclic amines) is 1. The second-order valence-corrected chi connectivity index (χ2v) is 10.0. The Kier molecular flexibility index (Phi) is 6.95. The zero-order chi connectivity index (χ0) is 24.7. The lowest BCUT2D eigenvalue weighted by Crippen LogP contribution is -2.56. The van der Waals surface area contributed by atoms with Crippen LogP contribution in [0.5, 0.6) is 0 Å². The predicted octanol–water partition coefficient (Wildman–Crippen LogP) is 2.73. The molecule has 3 aliphatic rings. The zero-order valence-corrected chi connectivity index (χ0v) is 20.7. The molecule has 3 amide bonds. The molecule has 0 radical (unpaired) electrons. The lowest BCUT2D eigenvalue weighted by Gasteiger charge is -2.37. The Labute approximate surface area is 205 Å². The van der Waals surface area contributed by atoms with Gasteiger partial charge in [-0.25, -0.2) is 0 Å². The van der Waals surface area contributed by atoms with Crippen molar-refractivity contribution in [1.29, 1.82) is 0 Å². The number of anilines is 1. The third kappa shape index (κ3) is 3.71. The fourth-order valence-corrected chi connectivity index (χ4v) is 6.39. The molecule has 0 saturated carbocycles. The maximum atomic E-state index is 13.9. The molecule has 1 spiro atoms. The fraction of sp³-hybridized carbons (Fsp3) is 0.640. The van der Waals surface area contributed by atoms with E-state index in [2.05, 4.69) is 10.6 Å². The Bertz CT molecular complexity index is 952. The summed E-state index contributed by atoms with van der Waals surface area (Å²) in [5.74, 6) is -2.30. The number of aliphatic hydroxyl groups is 1. The van der Waals surface area contributed by atoms with E-state index in [0.29, 0.717) is 42.9 Å². The standard InChI is InChI=1S/C25H34ClN3O5/c1-4-13-27-21(31)18-19-23(33)29(17(5-2)14-30)20(25(19)12-11-24(18,6-3)34-25)22(32)28-16-9-7-15(26)8-10-16/h7-10,17-20,30H,4-6,11-14H2,1-3H3,(H,27,31)(H,28,32)/t17-,18+,19-,20?,24-,25?/m0/s1. The van der Waals surface area contributed by atoms with E-state index in [4.69, 9.17) is 16.3 Å². The third-order valence-electron chi connectivity index (χ3n) is 7.89. The highest BCUT2D eigenvalue weighted by Crippen LogP contribution is 2.64. The summed E-state index contributed by atoms with van der Waals surface area (Å²) >= 11 is 5.98. The minimum Gasteiger partial charge on any atom is -0.394 e. The molecule has 3 saturated heterocycles. The van der Waals surface area contributed by atoms with Gasteiger partial charge in [0.2, 0.25) is 17.7 Å². The van der Waals surface area contributed by atoms with E-state index >= 15 is 0 Å². The van der Waals surface area contributed by atoms with Crippen LogP contribution in [0.15, 0.2) is 24.3 Å². The zero-order valence-electron chi connectivity index (χ0n) is 20.0. The summed E-state index contributed by atoms with van der Waals surface area (Å²) in [4.78, 5) is 42.5. The maximum Gasteiger partial charge on any atom is 0.250 e. The van der Waals surface area contributed by atoms with Crippen LogP contribution in [0.4, 0.5) is 5.69 Å². The van der Waals surface area contributed by atoms with Crippen LogP contribution in [0, 0.1) is 11.8 Å². The minimum atomic E-state index is -1.11. The van der Waals surface area contributed by atoms with Crippen molar-refractivity contribution in [2.45, 2.75) is 76.2 Å². The summed E-state index contributed by atoms with van der Waals surface area (Å²) < 4.78 is 6.68. The average molecular weight is 492 g/mol. The van der Waals surface area contributed by atoms with Gasteiger partial charge in [-0.05, 0) is 56.4 Å². The molecule has 0 aliphatic carbocycles. The van der Waals surface area contributed by atoms with Crippen molar-refractivity contribution < 1.29 is 24.2 Å². The Balaban J connectivity index is 1.76. The van der Waals surface area contributed by atoms with Crippen LogP contribution in [0.25, 0.3) is 0 Å². The molecule has 3 heterocycles.